The standard InChI is InChI=1S/C18H20O6/c1-3-21-17(19)11-23-15-9-13-7-5-6-8-14(13)10-16(15)24-12-18(20)22-4-2/h5-10H,3-4,11-12H2,1-2H3. The first-order valence-electron chi connectivity index (χ1n) is 7.73. The fraction of sp³-hybridized carbons (Fsp3) is 0.333. The second-order valence-corrected chi connectivity index (χ2v) is 4.83. The molecule has 2 rings (SSSR count). The summed E-state index contributed by atoms with van der Waals surface area (Å²) < 4.78 is 20.7. The summed E-state index contributed by atoms with van der Waals surface area (Å²) in [4.78, 5) is 23.0. The molecule has 0 unspecified atom stereocenters. The van der Waals surface area contributed by atoms with Crippen molar-refractivity contribution in [3.05, 3.63) is 36.4 Å². The maximum atomic E-state index is 11.5. The van der Waals surface area contributed by atoms with Gasteiger partial charge in [-0.3, -0.25) is 0 Å². The van der Waals surface area contributed by atoms with Crippen LogP contribution < -0.4 is 9.47 Å². The van der Waals surface area contributed by atoms with Crippen LogP contribution >= 0.6 is 0 Å². The van der Waals surface area contributed by atoms with Gasteiger partial charge in [-0.05, 0) is 36.8 Å². The van der Waals surface area contributed by atoms with Crippen molar-refractivity contribution in [3.8, 4) is 11.5 Å². The van der Waals surface area contributed by atoms with Crippen LogP contribution in [0.2, 0.25) is 0 Å². The molecule has 0 radical (unpaired) electrons. The summed E-state index contributed by atoms with van der Waals surface area (Å²) in [5, 5.41) is 1.86. The zero-order valence-electron chi connectivity index (χ0n) is 13.7. The van der Waals surface area contributed by atoms with Crippen molar-refractivity contribution in [1.82, 2.24) is 0 Å². The smallest absolute Gasteiger partial charge is 0.344 e. The van der Waals surface area contributed by atoms with E-state index in [0.717, 1.165) is 10.8 Å². The van der Waals surface area contributed by atoms with Crippen LogP contribution in [0, 0.1) is 0 Å². The molecule has 0 heterocycles. The Labute approximate surface area is 140 Å². The number of carbonyl (C=O) groups is 2. The number of hydrogen-bond donors (Lipinski definition) is 0. The third-order valence-electron chi connectivity index (χ3n) is 3.11. The van der Waals surface area contributed by atoms with Crippen molar-refractivity contribution in [2.24, 2.45) is 0 Å². The van der Waals surface area contributed by atoms with Gasteiger partial charge >= 0.3 is 11.9 Å². The molecular formula is C18H20O6. The molecule has 2 aromatic carbocycles. The van der Waals surface area contributed by atoms with E-state index in [4.69, 9.17) is 18.9 Å². The Morgan fingerprint density at radius 2 is 1.21 bits per heavy atom. The summed E-state index contributed by atoms with van der Waals surface area (Å²) in [6.07, 6.45) is 0. The van der Waals surface area contributed by atoms with Crippen LogP contribution in [-0.4, -0.2) is 38.4 Å². The third-order valence-corrected chi connectivity index (χ3v) is 3.11. The van der Waals surface area contributed by atoms with E-state index in [1.165, 1.54) is 0 Å². The molecule has 0 aliphatic carbocycles. The van der Waals surface area contributed by atoms with Crippen molar-refractivity contribution in [1.29, 1.82) is 0 Å². The highest BCUT2D eigenvalue weighted by Gasteiger charge is 2.12. The molecule has 6 heteroatoms. The predicted molar refractivity (Wildman–Crippen MR) is 88.2 cm³/mol. The highest BCUT2D eigenvalue weighted by molar-refractivity contribution is 5.86. The van der Waals surface area contributed by atoms with Crippen LogP contribution in [-0.2, 0) is 19.1 Å². The zero-order valence-corrected chi connectivity index (χ0v) is 13.7. The number of rotatable bonds is 8. The van der Waals surface area contributed by atoms with Crippen molar-refractivity contribution in [2.45, 2.75) is 13.8 Å². The minimum absolute atomic E-state index is 0.234. The third kappa shape index (κ3) is 4.87. The number of hydrogen-bond acceptors (Lipinski definition) is 6. The van der Waals surface area contributed by atoms with Gasteiger partial charge in [-0.25, -0.2) is 9.59 Å². The second kappa shape index (κ2) is 8.76. The molecule has 24 heavy (non-hydrogen) atoms. The summed E-state index contributed by atoms with van der Waals surface area (Å²) in [6.45, 7) is 3.55. The van der Waals surface area contributed by atoms with Crippen LogP contribution in [0.4, 0.5) is 0 Å². The Morgan fingerprint density at radius 1 is 0.792 bits per heavy atom. The molecule has 0 aromatic heterocycles. The molecule has 2 aromatic rings. The molecule has 0 atom stereocenters. The van der Waals surface area contributed by atoms with E-state index in [9.17, 15) is 9.59 Å². The van der Waals surface area contributed by atoms with E-state index < -0.39 is 11.9 Å². The fourth-order valence-corrected chi connectivity index (χ4v) is 2.10. The molecule has 0 bridgehead atoms. The fourth-order valence-electron chi connectivity index (χ4n) is 2.10. The van der Waals surface area contributed by atoms with Gasteiger partial charge in [-0.15, -0.1) is 0 Å². The average Bonchev–Trinajstić information content (AvgIpc) is 2.58. The van der Waals surface area contributed by atoms with Crippen LogP contribution in [0.3, 0.4) is 0 Å². The molecule has 0 aliphatic rings. The highest BCUT2D eigenvalue weighted by atomic mass is 16.6. The Hall–Kier alpha value is -2.76. The topological polar surface area (TPSA) is 71.1 Å². The molecule has 128 valence electrons. The van der Waals surface area contributed by atoms with E-state index in [0.29, 0.717) is 11.5 Å². The maximum Gasteiger partial charge on any atom is 0.344 e. The van der Waals surface area contributed by atoms with E-state index >= 15 is 0 Å². The zero-order chi connectivity index (χ0) is 17.4. The Bertz CT molecular complexity index is 649. The number of ether oxygens (including phenoxy) is 4. The van der Waals surface area contributed by atoms with Crippen molar-refractivity contribution >= 4 is 22.7 Å². The number of carbonyl (C=O) groups excluding carboxylic acids is 2. The molecule has 0 amide bonds. The van der Waals surface area contributed by atoms with Crippen molar-refractivity contribution in [2.75, 3.05) is 26.4 Å². The second-order valence-electron chi connectivity index (χ2n) is 4.83. The Balaban J connectivity index is 2.19. The lowest BCUT2D eigenvalue weighted by Gasteiger charge is -2.13. The number of benzene rings is 2. The van der Waals surface area contributed by atoms with Crippen LogP contribution in [0.25, 0.3) is 10.8 Å². The molecule has 6 nitrogen and oxygen atoms in total. The van der Waals surface area contributed by atoms with Gasteiger partial charge in [-0.2, -0.15) is 0 Å². The Morgan fingerprint density at radius 3 is 1.58 bits per heavy atom. The van der Waals surface area contributed by atoms with Gasteiger partial charge in [0.15, 0.2) is 24.7 Å². The Kier molecular flexibility index (Phi) is 6.42. The summed E-state index contributed by atoms with van der Waals surface area (Å²) in [5.41, 5.74) is 0. The maximum absolute atomic E-state index is 11.5. The minimum Gasteiger partial charge on any atom is -0.478 e. The molecular weight excluding hydrogens is 312 g/mol. The van der Waals surface area contributed by atoms with Crippen molar-refractivity contribution < 1.29 is 28.5 Å². The lowest BCUT2D eigenvalue weighted by Crippen LogP contribution is -2.17. The van der Waals surface area contributed by atoms with Gasteiger partial charge < -0.3 is 18.9 Å². The molecule has 0 saturated carbocycles. The SMILES string of the molecule is CCOC(=O)COc1cc2ccccc2cc1OCC(=O)OCC. The predicted octanol–water partition coefficient (Wildman–Crippen LogP) is 2.72. The van der Waals surface area contributed by atoms with Gasteiger partial charge in [0, 0.05) is 0 Å². The average molecular weight is 332 g/mol. The quantitative estimate of drug-likeness (QED) is 0.692. The van der Waals surface area contributed by atoms with E-state index in [1.54, 1.807) is 26.0 Å². The lowest BCUT2D eigenvalue weighted by atomic mass is 10.1. The van der Waals surface area contributed by atoms with Gasteiger partial charge in [0.25, 0.3) is 0 Å². The number of fused-ring (bicyclic) bond motifs is 1. The van der Waals surface area contributed by atoms with E-state index in [1.807, 2.05) is 24.3 Å². The first kappa shape index (κ1) is 17.6. The van der Waals surface area contributed by atoms with Crippen LogP contribution in [0.5, 0.6) is 11.5 Å². The first-order chi connectivity index (χ1) is 11.6. The molecule has 0 fully saturated rings. The molecule has 0 N–H and O–H groups in total. The summed E-state index contributed by atoms with van der Waals surface area (Å²) >= 11 is 0. The summed E-state index contributed by atoms with van der Waals surface area (Å²) in [5.74, 6) is -0.207. The van der Waals surface area contributed by atoms with Gasteiger partial charge in [0.1, 0.15) is 0 Å². The molecule has 0 spiro atoms. The van der Waals surface area contributed by atoms with Crippen LogP contribution in [0.15, 0.2) is 36.4 Å². The molecule has 0 saturated heterocycles. The van der Waals surface area contributed by atoms with Gasteiger partial charge in [0.2, 0.25) is 0 Å². The van der Waals surface area contributed by atoms with Crippen molar-refractivity contribution in [3.63, 3.8) is 0 Å². The first-order valence-corrected chi connectivity index (χ1v) is 7.73. The largest absolute Gasteiger partial charge is 0.478 e. The normalized spacial score (nSPS) is 10.2. The van der Waals surface area contributed by atoms with Crippen LogP contribution in [0.1, 0.15) is 13.8 Å². The minimum atomic E-state index is -0.470. The van der Waals surface area contributed by atoms with Gasteiger partial charge in [0.05, 0.1) is 13.2 Å². The van der Waals surface area contributed by atoms with E-state index in [2.05, 4.69) is 0 Å². The number of esters is 2. The van der Waals surface area contributed by atoms with Gasteiger partial charge in [-0.1, -0.05) is 24.3 Å². The highest BCUT2D eigenvalue weighted by Crippen LogP contribution is 2.32. The monoisotopic (exact) mass is 332 g/mol. The lowest BCUT2D eigenvalue weighted by molar-refractivity contribution is -0.146. The summed E-state index contributed by atoms with van der Waals surface area (Å²) in [7, 11) is 0. The molecule has 0 aliphatic heterocycles. The van der Waals surface area contributed by atoms with E-state index in [-0.39, 0.29) is 26.4 Å². The summed E-state index contributed by atoms with van der Waals surface area (Å²) in [6, 6.07) is 11.2.